The van der Waals surface area contributed by atoms with Gasteiger partial charge in [-0.3, -0.25) is 9.59 Å². The minimum atomic E-state index is -1.43. The Hall–Kier alpha value is -1.87. The van der Waals surface area contributed by atoms with Gasteiger partial charge < -0.3 is 23.7 Å². The van der Waals surface area contributed by atoms with Crippen LogP contribution in [0, 0.1) is 0 Å². The lowest BCUT2D eigenvalue weighted by Crippen LogP contribution is -2.64. The summed E-state index contributed by atoms with van der Waals surface area (Å²) in [5.74, 6) is -3.63. The number of hydrogen-bond donors (Lipinski definition) is 0. The van der Waals surface area contributed by atoms with Crippen molar-refractivity contribution in [1.82, 2.24) is 0 Å². The van der Waals surface area contributed by atoms with E-state index in [0.717, 1.165) is 0 Å². The Morgan fingerprint density at radius 2 is 1.87 bits per heavy atom. The summed E-state index contributed by atoms with van der Waals surface area (Å²) in [6.45, 7) is 5.66. The smallest absolute Gasteiger partial charge is 0.303 e. The number of carbonyl (C=O) groups is 2. The highest BCUT2D eigenvalue weighted by molar-refractivity contribution is 5.67. The van der Waals surface area contributed by atoms with Crippen molar-refractivity contribution >= 4 is 11.9 Å². The van der Waals surface area contributed by atoms with Crippen LogP contribution in [0.25, 0.3) is 10.4 Å². The number of rotatable bonds is 3. The van der Waals surface area contributed by atoms with E-state index >= 15 is 0 Å². The van der Waals surface area contributed by atoms with Crippen molar-refractivity contribution < 1.29 is 33.3 Å². The maximum absolute atomic E-state index is 11.5. The predicted octanol–water partition coefficient (Wildman–Crippen LogP) is 1.04. The van der Waals surface area contributed by atoms with Gasteiger partial charge in [0.1, 0.15) is 12.6 Å². The van der Waals surface area contributed by atoms with Crippen LogP contribution in [-0.2, 0) is 33.3 Å². The lowest BCUT2D eigenvalue weighted by molar-refractivity contribution is -0.326. The largest absolute Gasteiger partial charge is 0.458 e. The second-order valence-corrected chi connectivity index (χ2v) is 5.79. The van der Waals surface area contributed by atoms with Gasteiger partial charge in [-0.1, -0.05) is 5.11 Å². The van der Waals surface area contributed by atoms with Gasteiger partial charge >= 0.3 is 11.9 Å². The molecule has 2 rings (SSSR count). The molecule has 0 N–H and O–H groups in total. The first-order valence-corrected chi connectivity index (χ1v) is 7.06. The van der Waals surface area contributed by atoms with Gasteiger partial charge in [-0.05, 0) is 19.4 Å². The zero-order valence-corrected chi connectivity index (χ0v) is 13.3. The molecule has 2 heterocycles. The standard InChI is InChI=1S/C13H19N3O7/c1-7(17)21-10-9(15-16-14)5-19-13(11(10)22-8(2)18)6-20-12(3,4)23-13/h9-11H,5-6H2,1-4H3. The maximum atomic E-state index is 11.5. The Labute approximate surface area is 132 Å². The molecule has 0 radical (unpaired) electrons. The third kappa shape index (κ3) is 3.73. The van der Waals surface area contributed by atoms with E-state index in [1.54, 1.807) is 13.8 Å². The summed E-state index contributed by atoms with van der Waals surface area (Å²) in [6.07, 6.45) is -2.17. The lowest BCUT2D eigenvalue weighted by Gasteiger charge is -2.44. The molecule has 4 atom stereocenters. The quantitative estimate of drug-likeness (QED) is 0.327. The minimum absolute atomic E-state index is 0.0291. The number of carbonyl (C=O) groups excluding carboxylic acids is 2. The van der Waals surface area contributed by atoms with E-state index in [2.05, 4.69) is 10.0 Å². The van der Waals surface area contributed by atoms with E-state index in [1.807, 2.05) is 0 Å². The molecule has 1 spiro atoms. The molecule has 128 valence electrons. The Morgan fingerprint density at radius 3 is 2.35 bits per heavy atom. The monoisotopic (exact) mass is 329 g/mol. The lowest BCUT2D eigenvalue weighted by atomic mass is 9.95. The van der Waals surface area contributed by atoms with Crippen LogP contribution >= 0.6 is 0 Å². The predicted molar refractivity (Wildman–Crippen MR) is 73.8 cm³/mol. The van der Waals surface area contributed by atoms with Crippen LogP contribution in [0.5, 0.6) is 0 Å². The Bertz CT molecular complexity index is 546. The van der Waals surface area contributed by atoms with E-state index in [0.29, 0.717) is 0 Å². The SMILES string of the molecule is CC(=O)OC1C(N=[N+]=[N-])COC2(COC(C)(C)O2)C1OC(C)=O. The fraction of sp³-hybridized carbons (Fsp3) is 0.846. The number of azide groups is 1. The van der Waals surface area contributed by atoms with Crippen LogP contribution < -0.4 is 0 Å². The third-order valence-corrected chi connectivity index (χ3v) is 3.44. The fourth-order valence-electron chi connectivity index (χ4n) is 2.65. The summed E-state index contributed by atoms with van der Waals surface area (Å²) in [4.78, 5) is 25.6. The highest BCUT2D eigenvalue weighted by Gasteiger charge is 2.61. The normalized spacial score (nSPS) is 35.4. The Balaban J connectivity index is 2.39. The molecule has 2 aliphatic rings. The third-order valence-electron chi connectivity index (χ3n) is 3.44. The zero-order valence-electron chi connectivity index (χ0n) is 13.3. The first-order chi connectivity index (χ1) is 10.7. The van der Waals surface area contributed by atoms with E-state index < -0.39 is 41.8 Å². The molecule has 2 saturated heterocycles. The van der Waals surface area contributed by atoms with Gasteiger partial charge in [-0.2, -0.15) is 0 Å². The van der Waals surface area contributed by atoms with Crippen LogP contribution in [0.15, 0.2) is 5.11 Å². The summed E-state index contributed by atoms with van der Waals surface area (Å²) < 4.78 is 27.5. The Kier molecular flexibility index (Phi) is 4.81. The van der Waals surface area contributed by atoms with E-state index in [1.165, 1.54) is 13.8 Å². The van der Waals surface area contributed by atoms with Crippen LogP contribution in [0.2, 0.25) is 0 Å². The molecule has 0 aromatic heterocycles. The second-order valence-electron chi connectivity index (χ2n) is 5.79. The molecule has 0 amide bonds. The number of nitrogens with zero attached hydrogens (tertiary/aromatic N) is 3. The second kappa shape index (κ2) is 6.32. The van der Waals surface area contributed by atoms with Crippen LogP contribution in [0.3, 0.4) is 0 Å². The van der Waals surface area contributed by atoms with Gasteiger partial charge in [0.2, 0.25) is 5.79 Å². The fourth-order valence-corrected chi connectivity index (χ4v) is 2.65. The van der Waals surface area contributed by atoms with Gasteiger partial charge in [0.15, 0.2) is 18.0 Å². The van der Waals surface area contributed by atoms with Gasteiger partial charge in [0.05, 0.1) is 6.61 Å². The minimum Gasteiger partial charge on any atom is -0.458 e. The first-order valence-electron chi connectivity index (χ1n) is 7.06. The highest BCUT2D eigenvalue weighted by atomic mass is 16.8. The molecular weight excluding hydrogens is 310 g/mol. The number of esters is 2. The highest BCUT2D eigenvalue weighted by Crippen LogP contribution is 2.41. The summed E-state index contributed by atoms with van der Waals surface area (Å²) in [7, 11) is 0. The van der Waals surface area contributed by atoms with Crippen LogP contribution in [0.4, 0.5) is 0 Å². The maximum Gasteiger partial charge on any atom is 0.303 e. The van der Waals surface area contributed by atoms with E-state index in [9.17, 15) is 9.59 Å². The van der Waals surface area contributed by atoms with E-state index in [4.69, 9.17) is 29.2 Å². The van der Waals surface area contributed by atoms with Crippen LogP contribution in [0.1, 0.15) is 27.7 Å². The average Bonchev–Trinajstić information content (AvgIpc) is 2.73. The number of hydrogen-bond acceptors (Lipinski definition) is 8. The molecule has 2 fully saturated rings. The first kappa shape index (κ1) is 17.5. The summed E-state index contributed by atoms with van der Waals surface area (Å²) in [6, 6.07) is -0.855. The van der Waals surface area contributed by atoms with E-state index in [-0.39, 0.29) is 13.2 Å². The summed E-state index contributed by atoms with van der Waals surface area (Å²) in [5, 5.41) is 3.56. The molecule has 0 aromatic carbocycles. The van der Waals surface area contributed by atoms with Crippen molar-refractivity contribution in [3.05, 3.63) is 10.4 Å². The number of ether oxygens (including phenoxy) is 5. The molecule has 10 heteroatoms. The van der Waals surface area contributed by atoms with Crippen molar-refractivity contribution in [2.24, 2.45) is 5.11 Å². The Morgan fingerprint density at radius 1 is 1.22 bits per heavy atom. The molecule has 0 saturated carbocycles. The molecule has 4 unspecified atom stereocenters. The molecular formula is C13H19N3O7. The van der Waals surface area contributed by atoms with Gasteiger partial charge in [-0.15, -0.1) is 0 Å². The molecule has 23 heavy (non-hydrogen) atoms. The van der Waals surface area contributed by atoms with Gasteiger partial charge in [-0.25, -0.2) is 0 Å². The van der Waals surface area contributed by atoms with Crippen molar-refractivity contribution in [2.75, 3.05) is 13.2 Å². The van der Waals surface area contributed by atoms with Gasteiger partial charge in [0.25, 0.3) is 0 Å². The zero-order chi connectivity index (χ0) is 17.3. The molecule has 0 aliphatic carbocycles. The summed E-state index contributed by atoms with van der Waals surface area (Å²) in [5.41, 5.74) is 8.68. The van der Waals surface area contributed by atoms with Crippen molar-refractivity contribution in [1.29, 1.82) is 0 Å². The van der Waals surface area contributed by atoms with Crippen molar-refractivity contribution in [3.8, 4) is 0 Å². The molecule has 10 nitrogen and oxygen atoms in total. The van der Waals surface area contributed by atoms with Crippen LogP contribution in [-0.4, -0.2) is 55.0 Å². The van der Waals surface area contributed by atoms with Crippen molar-refractivity contribution in [2.45, 2.75) is 57.5 Å². The van der Waals surface area contributed by atoms with Crippen molar-refractivity contribution in [3.63, 3.8) is 0 Å². The molecule has 2 aliphatic heterocycles. The van der Waals surface area contributed by atoms with Gasteiger partial charge in [0, 0.05) is 18.8 Å². The summed E-state index contributed by atoms with van der Waals surface area (Å²) >= 11 is 0. The topological polar surface area (TPSA) is 129 Å². The molecule has 0 bridgehead atoms. The molecule has 0 aromatic rings. The average molecular weight is 329 g/mol.